The lowest BCUT2D eigenvalue weighted by Crippen LogP contribution is -1.97. The molecule has 112 valence electrons. The largest absolute Gasteiger partial charge is 0.478 e. The van der Waals surface area contributed by atoms with Gasteiger partial charge in [0.1, 0.15) is 0 Å². The number of aromatic carboxylic acids is 1. The van der Waals surface area contributed by atoms with E-state index in [0.29, 0.717) is 17.7 Å². The molecule has 1 unspecified atom stereocenters. The third-order valence-corrected chi connectivity index (χ3v) is 3.57. The summed E-state index contributed by atoms with van der Waals surface area (Å²) in [5.74, 6) is 0.461. The van der Waals surface area contributed by atoms with E-state index in [-0.39, 0.29) is 5.56 Å². The first kappa shape index (κ1) is 15.2. The molecule has 1 aromatic carbocycles. The summed E-state index contributed by atoms with van der Waals surface area (Å²) in [7, 11) is 0. The second-order valence-electron chi connectivity index (χ2n) is 5.08. The van der Waals surface area contributed by atoms with Gasteiger partial charge in [-0.25, -0.2) is 4.79 Å². The number of carboxylic acid groups (broad SMARTS) is 1. The van der Waals surface area contributed by atoms with Crippen LogP contribution < -0.4 is 0 Å². The molecule has 1 aromatic heterocycles. The van der Waals surface area contributed by atoms with Gasteiger partial charge in [-0.1, -0.05) is 26.7 Å². The summed E-state index contributed by atoms with van der Waals surface area (Å²) < 4.78 is 5.75. The quantitative estimate of drug-likeness (QED) is 0.829. The van der Waals surface area contributed by atoms with E-state index in [9.17, 15) is 4.79 Å². The molecule has 21 heavy (non-hydrogen) atoms. The molecule has 2 rings (SSSR count). The van der Waals surface area contributed by atoms with Gasteiger partial charge in [0.05, 0.1) is 5.56 Å². The van der Waals surface area contributed by atoms with Crippen LogP contribution in [0.1, 0.15) is 61.7 Å². The van der Waals surface area contributed by atoms with Crippen molar-refractivity contribution in [3.63, 3.8) is 0 Å². The van der Waals surface area contributed by atoms with Gasteiger partial charge in [0.25, 0.3) is 0 Å². The van der Waals surface area contributed by atoms with Crippen molar-refractivity contribution >= 4 is 5.97 Å². The summed E-state index contributed by atoms with van der Waals surface area (Å²) in [5, 5.41) is 17.1. The first-order valence-corrected chi connectivity index (χ1v) is 7.32. The van der Waals surface area contributed by atoms with Crippen LogP contribution in [0.15, 0.2) is 28.7 Å². The number of unbranched alkanes of at least 4 members (excludes halogenated alkanes) is 1. The SMILES string of the molecule is CCCCC(CC)c1nnc(-c2ccc(C(=O)O)cc2)o1. The molecule has 1 atom stereocenters. The van der Waals surface area contributed by atoms with Crippen LogP contribution >= 0.6 is 0 Å². The molecule has 1 N–H and O–H groups in total. The van der Waals surface area contributed by atoms with Crippen molar-refractivity contribution in [1.29, 1.82) is 0 Å². The molecule has 0 spiro atoms. The molecule has 0 aliphatic rings. The summed E-state index contributed by atoms with van der Waals surface area (Å²) in [6, 6.07) is 6.45. The highest BCUT2D eigenvalue weighted by atomic mass is 16.4. The summed E-state index contributed by atoms with van der Waals surface area (Å²) >= 11 is 0. The van der Waals surface area contributed by atoms with Gasteiger partial charge in [-0.2, -0.15) is 0 Å². The molecule has 1 heterocycles. The van der Waals surface area contributed by atoms with Crippen LogP contribution in [0.5, 0.6) is 0 Å². The molecule has 0 bridgehead atoms. The summed E-state index contributed by atoms with van der Waals surface area (Å²) in [5.41, 5.74) is 0.983. The third kappa shape index (κ3) is 3.68. The van der Waals surface area contributed by atoms with Crippen molar-refractivity contribution < 1.29 is 14.3 Å². The minimum Gasteiger partial charge on any atom is -0.478 e. The van der Waals surface area contributed by atoms with Gasteiger partial charge in [-0.3, -0.25) is 0 Å². The van der Waals surface area contributed by atoms with E-state index in [1.807, 2.05) is 0 Å². The van der Waals surface area contributed by atoms with E-state index >= 15 is 0 Å². The zero-order valence-electron chi connectivity index (χ0n) is 12.4. The van der Waals surface area contributed by atoms with E-state index in [0.717, 1.165) is 31.2 Å². The van der Waals surface area contributed by atoms with Gasteiger partial charge in [0.15, 0.2) is 0 Å². The number of nitrogens with zero attached hydrogens (tertiary/aromatic N) is 2. The summed E-state index contributed by atoms with van der Waals surface area (Å²) in [4.78, 5) is 10.8. The molecular formula is C16H20N2O3. The van der Waals surface area contributed by atoms with E-state index in [1.165, 1.54) is 12.1 Å². The van der Waals surface area contributed by atoms with Gasteiger partial charge in [0.2, 0.25) is 11.8 Å². The van der Waals surface area contributed by atoms with E-state index in [2.05, 4.69) is 24.0 Å². The lowest BCUT2D eigenvalue weighted by atomic mass is 9.99. The highest BCUT2D eigenvalue weighted by Gasteiger charge is 2.17. The average molecular weight is 288 g/mol. The Morgan fingerprint density at radius 3 is 2.52 bits per heavy atom. The van der Waals surface area contributed by atoms with Gasteiger partial charge >= 0.3 is 5.97 Å². The van der Waals surface area contributed by atoms with E-state index in [4.69, 9.17) is 9.52 Å². The average Bonchev–Trinajstić information content (AvgIpc) is 2.98. The minimum absolute atomic E-state index is 0.243. The Hall–Kier alpha value is -2.17. The normalized spacial score (nSPS) is 12.3. The van der Waals surface area contributed by atoms with Crippen molar-refractivity contribution in [2.75, 3.05) is 0 Å². The molecule has 0 saturated carbocycles. The molecule has 0 radical (unpaired) electrons. The molecule has 0 saturated heterocycles. The predicted molar refractivity (Wildman–Crippen MR) is 79.3 cm³/mol. The number of rotatable bonds is 7. The Labute approximate surface area is 124 Å². The van der Waals surface area contributed by atoms with Crippen LogP contribution in [0.3, 0.4) is 0 Å². The molecule has 0 fully saturated rings. The Bertz CT molecular complexity index is 590. The minimum atomic E-state index is -0.946. The molecular weight excluding hydrogens is 268 g/mol. The molecule has 0 aliphatic heterocycles. The Balaban J connectivity index is 2.16. The maximum atomic E-state index is 10.8. The second-order valence-corrected chi connectivity index (χ2v) is 5.08. The number of aromatic nitrogens is 2. The summed E-state index contributed by atoms with van der Waals surface area (Å²) in [6.45, 7) is 4.28. The zero-order valence-corrected chi connectivity index (χ0v) is 12.4. The first-order valence-electron chi connectivity index (χ1n) is 7.32. The fourth-order valence-electron chi connectivity index (χ4n) is 2.22. The Morgan fingerprint density at radius 2 is 1.95 bits per heavy atom. The highest BCUT2D eigenvalue weighted by Crippen LogP contribution is 2.27. The maximum Gasteiger partial charge on any atom is 0.335 e. The highest BCUT2D eigenvalue weighted by molar-refractivity contribution is 5.88. The lowest BCUT2D eigenvalue weighted by molar-refractivity contribution is 0.0697. The van der Waals surface area contributed by atoms with Crippen molar-refractivity contribution in [3.8, 4) is 11.5 Å². The monoisotopic (exact) mass is 288 g/mol. The van der Waals surface area contributed by atoms with Crippen LogP contribution in [0.2, 0.25) is 0 Å². The summed E-state index contributed by atoms with van der Waals surface area (Å²) in [6.07, 6.45) is 4.31. The smallest absolute Gasteiger partial charge is 0.335 e. The van der Waals surface area contributed by atoms with Crippen molar-refractivity contribution in [1.82, 2.24) is 10.2 Å². The fraction of sp³-hybridized carbons (Fsp3) is 0.438. The topological polar surface area (TPSA) is 76.2 Å². The van der Waals surface area contributed by atoms with Crippen LogP contribution in [-0.2, 0) is 0 Å². The van der Waals surface area contributed by atoms with Gasteiger partial charge in [-0.05, 0) is 37.1 Å². The Kier molecular flexibility index (Phi) is 5.09. The Morgan fingerprint density at radius 1 is 1.24 bits per heavy atom. The molecule has 2 aromatic rings. The van der Waals surface area contributed by atoms with Crippen LogP contribution in [0.25, 0.3) is 11.5 Å². The van der Waals surface area contributed by atoms with E-state index < -0.39 is 5.97 Å². The molecule has 0 amide bonds. The zero-order chi connectivity index (χ0) is 15.2. The van der Waals surface area contributed by atoms with Crippen LogP contribution in [0, 0.1) is 0 Å². The lowest BCUT2D eigenvalue weighted by Gasteiger charge is -2.08. The standard InChI is InChI=1S/C16H20N2O3/c1-3-5-6-11(4-2)14-17-18-15(21-14)12-7-9-13(10-8-12)16(19)20/h7-11H,3-6H2,1-2H3,(H,19,20). The number of carboxylic acids is 1. The number of hydrogen-bond donors (Lipinski definition) is 1. The second kappa shape index (κ2) is 7.02. The molecule has 0 aliphatic carbocycles. The van der Waals surface area contributed by atoms with Gasteiger partial charge in [-0.15, -0.1) is 10.2 Å². The molecule has 5 nitrogen and oxygen atoms in total. The number of hydrogen-bond acceptors (Lipinski definition) is 4. The van der Waals surface area contributed by atoms with Gasteiger partial charge in [0, 0.05) is 11.5 Å². The van der Waals surface area contributed by atoms with E-state index in [1.54, 1.807) is 12.1 Å². The van der Waals surface area contributed by atoms with Crippen LogP contribution in [-0.4, -0.2) is 21.3 Å². The van der Waals surface area contributed by atoms with Gasteiger partial charge < -0.3 is 9.52 Å². The number of benzene rings is 1. The van der Waals surface area contributed by atoms with Crippen molar-refractivity contribution in [2.45, 2.75) is 45.4 Å². The van der Waals surface area contributed by atoms with Crippen LogP contribution in [0.4, 0.5) is 0 Å². The molecule has 5 heteroatoms. The van der Waals surface area contributed by atoms with Crippen molar-refractivity contribution in [3.05, 3.63) is 35.7 Å². The predicted octanol–water partition coefficient (Wildman–Crippen LogP) is 4.12. The van der Waals surface area contributed by atoms with Crippen molar-refractivity contribution in [2.24, 2.45) is 0 Å². The maximum absolute atomic E-state index is 10.8. The number of carbonyl (C=O) groups is 1. The third-order valence-electron chi connectivity index (χ3n) is 3.57. The first-order chi connectivity index (χ1) is 10.2. The fourth-order valence-corrected chi connectivity index (χ4v) is 2.22.